The third-order valence-electron chi connectivity index (χ3n) is 4.46. The summed E-state index contributed by atoms with van der Waals surface area (Å²) in [6.45, 7) is 5.25. The van der Waals surface area contributed by atoms with Gasteiger partial charge in [0.05, 0.1) is 33.9 Å². The first-order chi connectivity index (χ1) is 14.4. The molecule has 31 heavy (non-hydrogen) atoms. The predicted octanol–water partition coefficient (Wildman–Crippen LogP) is 4.06. The molecular formula is C20H18F2N3O5S-. The van der Waals surface area contributed by atoms with Crippen molar-refractivity contribution in [1.82, 2.24) is 4.98 Å². The van der Waals surface area contributed by atoms with Gasteiger partial charge in [-0.2, -0.15) is 0 Å². The van der Waals surface area contributed by atoms with E-state index in [1.165, 1.54) is 24.4 Å². The molecule has 1 amide bonds. The van der Waals surface area contributed by atoms with Gasteiger partial charge in [-0.05, 0) is 24.3 Å². The van der Waals surface area contributed by atoms with Crippen molar-refractivity contribution in [2.24, 2.45) is 5.41 Å². The van der Waals surface area contributed by atoms with Crippen LogP contribution in [0.5, 0.6) is 0 Å². The fourth-order valence-electron chi connectivity index (χ4n) is 2.82. The van der Waals surface area contributed by atoms with Crippen LogP contribution < -0.4 is 9.62 Å². The minimum Gasteiger partial charge on any atom is -0.755 e. The van der Waals surface area contributed by atoms with E-state index in [-0.39, 0.29) is 11.6 Å². The molecule has 164 valence electrons. The van der Waals surface area contributed by atoms with E-state index < -0.39 is 45.5 Å². The maximum atomic E-state index is 14.5. The average molecular weight is 450 g/mol. The van der Waals surface area contributed by atoms with Crippen LogP contribution in [0.2, 0.25) is 0 Å². The van der Waals surface area contributed by atoms with Crippen molar-refractivity contribution >= 4 is 51.1 Å². The summed E-state index contributed by atoms with van der Waals surface area (Å²) in [5.74, 6) is -4.42. The molecule has 3 N–H and O–H groups in total. The molecule has 0 fully saturated rings. The molecule has 0 aliphatic carbocycles. The second-order valence-electron chi connectivity index (χ2n) is 7.74. The van der Waals surface area contributed by atoms with Crippen LogP contribution in [0, 0.1) is 17.0 Å². The second kappa shape index (κ2) is 8.08. The summed E-state index contributed by atoms with van der Waals surface area (Å²) >= 11 is -3.05. The van der Waals surface area contributed by atoms with Gasteiger partial charge in [0.2, 0.25) is 5.91 Å². The van der Waals surface area contributed by atoms with Gasteiger partial charge >= 0.3 is 5.97 Å². The molecule has 0 bridgehead atoms. The number of aromatic amines is 1. The first-order valence-corrected chi connectivity index (χ1v) is 9.97. The quantitative estimate of drug-likeness (QED) is 0.506. The number of carboxylic acids is 1. The Morgan fingerprint density at radius 1 is 1.16 bits per heavy atom. The smallest absolute Gasteiger partial charge is 0.338 e. The molecule has 1 aromatic heterocycles. The fraction of sp³-hybridized carbons (Fsp3) is 0.200. The Hall–Kier alpha value is -3.31. The SMILES string of the molecule is CC(C)(C)C(=O)Nc1c[nH]c2cc(N(c3cc(F)c(C(=O)O)cc3F)S(=O)[O-])ccc12. The van der Waals surface area contributed by atoms with Crippen LogP contribution in [0.1, 0.15) is 31.1 Å². The number of halogens is 2. The Bertz CT molecular complexity index is 1220. The molecule has 3 aromatic rings. The Balaban J connectivity index is 2.05. The zero-order valence-electron chi connectivity index (χ0n) is 16.7. The Morgan fingerprint density at radius 2 is 1.84 bits per heavy atom. The Morgan fingerprint density at radius 3 is 2.42 bits per heavy atom. The van der Waals surface area contributed by atoms with E-state index in [1.54, 1.807) is 20.8 Å². The third kappa shape index (κ3) is 4.42. The highest BCUT2D eigenvalue weighted by molar-refractivity contribution is 7.81. The maximum Gasteiger partial charge on any atom is 0.338 e. The van der Waals surface area contributed by atoms with Crippen molar-refractivity contribution in [3.05, 3.63) is 53.7 Å². The molecule has 2 aromatic carbocycles. The lowest BCUT2D eigenvalue weighted by atomic mass is 9.95. The minimum atomic E-state index is -3.05. The van der Waals surface area contributed by atoms with E-state index in [9.17, 15) is 27.1 Å². The number of anilines is 3. The number of nitrogens with one attached hydrogen (secondary N) is 2. The van der Waals surface area contributed by atoms with Crippen molar-refractivity contribution in [1.29, 1.82) is 0 Å². The monoisotopic (exact) mass is 450 g/mol. The topological polar surface area (TPSA) is 126 Å². The lowest BCUT2D eigenvalue weighted by Crippen LogP contribution is -2.27. The van der Waals surface area contributed by atoms with Gasteiger partial charge in [-0.15, -0.1) is 0 Å². The Labute approximate surface area is 178 Å². The number of hydrogen-bond acceptors (Lipinski definition) is 4. The van der Waals surface area contributed by atoms with E-state index >= 15 is 0 Å². The zero-order valence-corrected chi connectivity index (χ0v) is 17.5. The van der Waals surface area contributed by atoms with Crippen LogP contribution in [0.25, 0.3) is 10.9 Å². The molecule has 1 atom stereocenters. The van der Waals surface area contributed by atoms with Gasteiger partial charge in [0.25, 0.3) is 0 Å². The van der Waals surface area contributed by atoms with Crippen molar-refractivity contribution in [3.8, 4) is 0 Å². The average Bonchev–Trinajstić information content (AvgIpc) is 3.05. The number of carbonyl (C=O) groups is 2. The predicted molar refractivity (Wildman–Crippen MR) is 111 cm³/mol. The molecule has 1 heterocycles. The van der Waals surface area contributed by atoms with E-state index in [1.807, 2.05) is 0 Å². The summed E-state index contributed by atoms with van der Waals surface area (Å²) in [5.41, 5.74) is -1.36. The summed E-state index contributed by atoms with van der Waals surface area (Å²) in [6, 6.07) is 5.16. The lowest BCUT2D eigenvalue weighted by Gasteiger charge is -2.27. The molecule has 0 spiro atoms. The van der Waals surface area contributed by atoms with Crippen LogP contribution in [-0.4, -0.2) is 30.7 Å². The van der Waals surface area contributed by atoms with Crippen LogP contribution in [-0.2, 0) is 16.1 Å². The van der Waals surface area contributed by atoms with Crippen molar-refractivity contribution in [2.45, 2.75) is 20.8 Å². The standard InChI is InChI=1S/C20H19F2N3O5S/c1-20(2,3)19(28)24-16-9-23-15-6-10(4-5-11(15)16)25(31(29)30)17-8-13(21)12(18(26)27)7-14(17)22/h4-9,23H,1-3H3,(H,24,28)(H,26,27)(H,29,30)/p-1. The molecule has 0 radical (unpaired) electrons. The number of hydrogen-bond donors (Lipinski definition) is 3. The van der Waals surface area contributed by atoms with E-state index in [0.29, 0.717) is 33.0 Å². The zero-order chi connectivity index (χ0) is 23.1. The Kier molecular flexibility index (Phi) is 5.83. The molecule has 0 aliphatic heterocycles. The van der Waals surface area contributed by atoms with Crippen LogP contribution in [0.15, 0.2) is 36.5 Å². The lowest BCUT2D eigenvalue weighted by molar-refractivity contribution is -0.123. The molecular weight excluding hydrogens is 432 g/mol. The normalized spacial score (nSPS) is 12.6. The van der Waals surface area contributed by atoms with Gasteiger partial charge in [0, 0.05) is 28.6 Å². The number of aromatic carboxylic acids is 1. The highest BCUT2D eigenvalue weighted by atomic mass is 32.2. The van der Waals surface area contributed by atoms with Gasteiger partial charge < -0.3 is 20.0 Å². The fourth-order valence-corrected chi connectivity index (χ4v) is 3.40. The summed E-state index contributed by atoms with van der Waals surface area (Å²) in [4.78, 5) is 26.1. The molecule has 3 rings (SSSR count). The van der Waals surface area contributed by atoms with Crippen molar-refractivity contribution < 1.29 is 32.2 Å². The van der Waals surface area contributed by atoms with Gasteiger partial charge in [-0.3, -0.25) is 13.3 Å². The number of carbonyl (C=O) groups excluding carboxylic acids is 1. The molecule has 0 saturated heterocycles. The number of nitrogens with zero attached hydrogens (tertiary/aromatic N) is 1. The number of H-pyrrole nitrogens is 1. The maximum absolute atomic E-state index is 14.5. The number of rotatable bonds is 5. The van der Waals surface area contributed by atoms with Crippen molar-refractivity contribution in [2.75, 3.05) is 9.62 Å². The molecule has 8 nitrogen and oxygen atoms in total. The molecule has 0 saturated carbocycles. The third-order valence-corrected chi connectivity index (χ3v) is 5.17. The highest BCUT2D eigenvalue weighted by Crippen LogP contribution is 2.34. The van der Waals surface area contributed by atoms with Crippen LogP contribution in [0.4, 0.5) is 25.8 Å². The number of carboxylic acid groups (broad SMARTS) is 1. The summed E-state index contributed by atoms with van der Waals surface area (Å²) < 4.78 is 52.7. The highest BCUT2D eigenvalue weighted by Gasteiger charge is 2.24. The molecule has 1 unspecified atom stereocenters. The van der Waals surface area contributed by atoms with Crippen LogP contribution >= 0.6 is 0 Å². The number of amides is 1. The number of benzene rings is 2. The van der Waals surface area contributed by atoms with E-state index in [4.69, 9.17) is 5.11 Å². The van der Waals surface area contributed by atoms with Gasteiger partial charge in [0.1, 0.15) is 11.6 Å². The first-order valence-electron chi connectivity index (χ1n) is 8.94. The summed E-state index contributed by atoms with van der Waals surface area (Å²) in [5, 5.41) is 12.2. The second-order valence-corrected chi connectivity index (χ2v) is 8.54. The summed E-state index contributed by atoms with van der Waals surface area (Å²) in [7, 11) is 0. The molecule has 0 aliphatic rings. The first kappa shape index (κ1) is 22.4. The van der Waals surface area contributed by atoms with Gasteiger partial charge in [0.15, 0.2) is 0 Å². The largest absolute Gasteiger partial charge is 0.755 e. The van der Waals surface area contributed by atoms with Crippen molar-refractivity contribution in [3.63, 3.8) is 0 Å². The van der Waals surface area contributed by atoms with Gasteiger partial charge in [-0.25, -0.2) is 13.6 Å². The molecule has 11 heteroatoms. The number of aromatic nitrogens is 1. The summed E-state index contributed by atoms with van der Waals surface area (Å²) in [6.07, 6.45) is 1.53. The van der Waals surface area contributed by atoms with Crippen LogP contribution in [0.3, 0.4) is 0 Å². The van der Waals surface area contributed by atoms with E-state index in [0.717, 1.165) is 0 Å². The van der Waals surface area contributed by atoms with Gasteiger partial charge in [-0.1, -0.05) is 20.8 Å². The minimum absolute atomic E-state index is 0.0299. The number of fused-ring (bicyclic) bond motifs is 1. The van der Waals surface area contributed by atoms with E-state index in [2.05, 4.69) is 10.3 Å².